The summed E-state index contributed by atoms with van der Waals surface area (Å²) >= 11 is 0. The number of rotatable bonds is 8. The maximum Gasteiger partial charge on any atom is 0.254 e. The highest BCUT2D eigenvalue weighted by molar-refractivity contribution is 5.75. The summed E-state index contributed by atoms with van der Waals surface area (Å²) in [7, 11) is 0. The fraction of sp³-hybridized carbons (Fsp3) is 0.150. The van der Waals surface area contributed by atoms with Crippen molar-refractivity contribution in [2.45, 2.75) is 6.54 Å². The zero-order chi connectivity index (χ0) is 20.8. The van der Waals surface area contributed by atoms with Crippen molar-refractivity contribution < 1.29 is 18.4 Å². The summed E-state index contributed by atoms with van der Waals surface area (Å²) in [4.78, 5) is 28.3. The highest BCUT2D eigenvalue weighted by Crippen LogP contribution is 2.17. The minimum absolute atomic E-state index is 0.151. The summed E-state index contributed by atoms with van der Waals surface area (Å²) in [5.74, 6) is 1.09. The molecule has 4 aromatic heterocycles. The molecule has 0 fully saturated rings. The Morgan fingerprint density at radius 3 is 2.43 bits per heavy atom. The van der Waals surface area contributed by atoms with Crippen LogP contribution in [0.25, 0.3) is 22.9 Å². The molecule has 0 saturated heterocycles. The van der Waals surface area contributed by atoms with Crippen molar-refractivity contribution in [1.29, 1.82) is 0 Å². The summed E-state index contributed by atoms with van der Waals surface area (Å²) in [5.41, 5.74) is 0.654. The third-order valence-electron chi connectivity index (χ3n) is 4.05. The van der Waals surface area contributed by atoms with E-state index in [9.17, 15) is 9.59 Å². The molecule has 0 aliphatic heterocycles. The highest BCUT2D eigenvalue weighted by atomic mass is 16.5. The van der Waals surface area contributed by atoms with Crippen LogP contribution < -0.4 is 15.6 Å². The van der Waals surface area contributed by atoms with Crippen LogP contribution in [0.15, 0.2) is 74.9 Å². The molecule has 1 amide bonds. The van der Waals surface area contributed by atoms with E-state index in [0.717, 1.165) is 0 Å². The lowest BCUT2D eigenvalue weighted by Crippen LogP contribution is -2.34. The standard InChI is InChI=1S/C20H17N5O5/c26-18(12-25-13-22-15(11-20(25)27)17-4-2-9-29-17)21-7-10-30-19-6-5-14(23-24-19)16-3-1-8-28-16/h1-6,8-9,11,13H,7,10,12H2,(H,21,26). The van der Waals surface area contributed by atoms with Gasteiger partial charge in [-0.3, -0.25) is 14.2 Å². The fourth-order valence-electron chi connectivity index (χ4n) is 2.61. The smallest absolute Gasteiger partial charge is 0.254 e. The van der Waals surface area contributed by atoms with Crippen LogP contribution >= 0.6 is 0 Å². The van der Waals surface area contributed by atoms with Crippen molar-refractivity contribution in [1.82, 2.24) is 25.1 Å². The molecule has 10 heteroatoms. The van der Waals surface area contributed by atoms with Crippen molar-refractivity contribution in [3.63, 3.8) is 0 Å². The number of nitrogens with one attached hydrogen (secondary N) is 1. The Balaban J connectivity index is 1.23. The Kier molecular flexibility index (Phi) is 5.65. The number of aromatic nitrogens is 4. The van der Waals surface area contributed by atoms with Crippen LogP contribution in [0.2, 0.25) is 0 Å². The lowest BCUT2D eigenvalue weighted by atomic mass is 10.3. The summed E-state index contributed by atoms with van der Waals surface area (Å²) in [5, 5.41) is 10.6. The number of nitrogens with zero attached hydrogens (tertiary/aromatic N) is 4. The first-order valence-electron chi connectivity index (χ1n) is 9.06. The topological polar surface area (TPSA) is 125 Å². The number of hydrogen-bond donors (Lipinski definition) is 1. The van der Waals surface area contributed by atoms with Crippen LogP contribution in [-0.4, -0.2) is 38.8 Å². The Morgan fingerprint density at radius 2 is 1.80 bits per heavy atom. The Bertz CT molecular complexity index is 1150. The van der Waals surface area contributed by atoms with Crippen LogP contribution in [0.1, 0.15) is 0 Å². The lowest BCUT2D eigenvalue weighted by Gasteiger charge is -2.08. The van der Waals surface area contributed by atoms with Gasteiger partial charge in [0.25, 0.3) is 5.56 Å². The van der Waals surface area contributed by atoms with Crippen molar-refractivity contribution in [2.24, 2.45) is 0 Å². The molecule has 0 radical (unpaired) electrons. The van der Waals surface area contributed by atoms with Gasteiger partial charge < -0.3 is 18.9 Å². The second-order valence-electron chi connectivity index (χ2n) is 6.15. The largest absolute Gasteiger partial charge is 0.475 e. The van der Waals surface area contributed by atoms with Crippen molar-refractivity contribution in [2.75, 3.05) is 13.2 Å². The number of carbonyl (C=O) groups excluding carboxylic acids is 1. The summed E-state index contributed by atoms with van der Waals surface area (Å²) in [6, 6.07) is 11.7. The molecule has 4 rings (SSSR count). The molecule has 0 bridgehead atoms. The van der Waals surface area contributed by atoms with E-state index in [1.165, 1.54) is 23.2 Å². The summed E-state index contributed by atoms with van der Waals surface area (Å²) in [6.45, 7) is 0.292. The van der Waals surface area contributed by atoms with Gasteiger partial charge in [-0.2, -0.15) is 0 Å². The van der Waals surface area contributed by atoms with E-state index in [1.54, 1.807) is 42.7 Å². The van der Waals surface area contributed by atoms with Gasteiger partial charge in [0, 0.05) is 12.1 Å². The second-order valence-corrected chi connectivity index (χ2v) is 6.15. The van der Waals surface area contributed by atoms with Crippen molar-refractivity contribution >= 4 is 5.91 Å². The molecule has 10 nitrogen and oxygen atoms in total. The van der Waals surface area contributed by atoms with Gasteiger partial charge in [0.05, 0.1) is 25.4 Å². The number of ether oxygens (including phenoxy) is 1. The predicted octanol–water partition coefficient (Wildman–Crippen LogP) is 1.75. The minimum Gasteiger partial charge on any atom is -0.475 e. The predicted molar refractivity (Wildman–Crippen MR) is 104 cm³/mol. The van der Waals surface area contributed by atoms with Gasteiger partial charge >= 0.3 is 0 Å². The second kappa shape index (κ2) is 8.86. The van der Waals surface area contributed by atoms with E-state index < -0.39 is 0 Å². The average molecular weight is 407 g/mol. The lowest BCUT2D eigenvalue weighted by molar-refractivity contribution is -0.121. The fourth-order valence-corrected chi connectivity index (χ4v) is 2.61. The van der Waals surface area contributed by atoms with E-state index in [-0.39, 0.29) is 31.2 Å². The minimum atomic E-state index is -0.352. The van der Waals surface area contributed by atoms with Gasteiger partial charge in [-0.25, -0.2) is 4.98 Å². The Labute approximate surface area is 170 Å². The van der Waals surface area contributed by atoms with E-state index in [1.807, 2.05) is 0 Å². The van der Waals surface area contributed by atoms with E-state index in [2.05, 4.69) is 20.5 Å². The normalized spacial score (nSPS) is 10.7. The highest BCUT2D eigenvalue weighted by Gasteiger charge is 2.09. The van der Waals surface area contributed by atoms with Gasteiger partial charge in [-0.15, -0.1) is 10.2 Å². The molecule has 0 spiro atoms. The molecule has 0 aliphatic rings. The van der Waals surface area contributed by atoms with Gasteiger partial charge in [-0.05, 0) is 30.3 Å². The first-order valence-corrected chi connectivity index (χ1v) is 9.06. The van der Waals surface area contributed by atoms with Crippen LogP contribution in [0.4, 0.5) is 0 Å². The van der Waals surface area contributed by atoms with Crippen LogP contribution in [0.5, 0.6) is 5.88 Å². The Hall–Kier alpha value is -4.21. The molecular weight excluding hydrogens is 390 g/mol. The molecule has 30 heavy (non-hydrogen) atoms. The summed E-state index contributed by atoms with van der Waals surface area (Å²) < 4.78 is 17.1. The average Bonchev–Trinajstić information content (AvgIpc) is 3.47. The van der Waals surface area contributed by atoms with Gasteiger partial charge in [0.15, 0.2) is 11.5 Å². The maximum atomic E-state index is 12.2. The molecule has 4 aromatic rings. The number of furan rings is 2. The quantitative estimate of drug-likeness (QED) is 0.438. The Morgan fingerprint density at radius 1 is 1.03 bits per heavy atom. The third kappa shape index (κ3) is 4.61. The molecule has 0 unspecified atom stereocenters. The van der Waals surface area contributed by atoms with Crippen LogP contribution in [0.3, 0.4) is 0 Å². The van der Waals surface area contributed by atoms with E-state index >= 15 is 0 Å². The SMILES string of the molecule is O=C(Cn1cnc(-c2ccco2)cc1=O)NCCOc1ccc(-c2ccco2)nn1. The molecule has 152 valence electrons. The zero-order valence-electron chi connectivity index (χ0n) is 15.7. The number of amides is 1. The first kappa shape index (κ1) is 19.1. The summed E-state index contributed by atoms with van der Waals surface area (Å²) in [6.07, 6.45) is 4.37. The molecule has 0 aromatic carbocycles. The molecular formula is C20H17N5O5. The third-order valence-corrected chi connectivity index (χ3v) is 4.05. The van der Waals surface area contributed by atoms with Crippen molar-refractivity contribution in [3.05, 3.63) is 71.7 Å². The molecule has 1 N–H and O–H groups in total. The molecule has 4 heterocycles. The van der Waals surface area contributed by atoms with Gasteiger partial charge in [0.1, 0.15) is 24.5 Å². The molecule has 0 aliphatic carbocycles. The maximum absolute atomic E-state index is 12.2. The van der Waals surface area contributed by atoms with Crippen LogP contribution in [-0.2, 0) is 11.3 Å². The van der Waals surface area contributed by atoms with E-state index in [4.69, 9.17) is 13.6 Å². The van der Waals surface area contributed by atoms with Crippen LogP contribution in [0, 0.1) is 0 Å². The zero-order valence-corrected chi connectivity index (χ0v) is 15.7. The molecule has 0 atom stereocenters. The number of carbonyl (C=O) groups is 1. The number of hydrogen-bond acceptors (Lipinski definition) is 8. The van der Waals surface area contributed by atoms with E-state index in [0.29, 0.717) is 28.8 Å². The van der Waals surface area contributed by atoms with Gasteiger partial charge in [-0.1, -0.05) is 0 Å². The van der Waals surface area contributed by atoms with Crippen molar-refractivity contribution in [3.8, 4) is 28.8 Å². The molecule has 0 saturated carbocycles. The monoisotopic (exact) mass is 407 g/mol. The first-order chi connectivity index (χ1) is 14.7. The van der Waals surface area contributed by atoms with Gasteiger partial charge in [0.2, 0.25) is 11.8 Å².